The monoisotopic (exact) mass is 381 g/mol. The number of halogens is 2. The lowest BCUT2D eigenvalue weighted by Gasteiger charge is -2.17. The number of aliphatic imine (C=N–C) groups is 1. The van der Waals surface area contributed by atoms with Crippen molar-refractivity contribution in [3.8, 4) is 11.5 Å². The molecule has 25 heavy (non-hydrogen) atoms. The van der Waals surface area contributed by atoms with Crippen LogP contribution in [0.5, 0.6) is 11.5 Å². The minimum Gasteiger partial charge on any atom is -0.493 e. The number of para-hydroxylation sites is 1. The highest BCUT2D eigenvalue weighted by molar-refractivity contribution is 6.35. The van der Waals surface area contributed by atoms with Crippen LogP contribution in [0, 0.1) is 0 Å². The van der Waals surface area contributed by atoms with Crippen LogP contribution in [-0.2, 0) is 6.54 Å². The molecule has 1 unspecified atom stereocenters. The largest absolute Gasteiger partial charge is 0.493 e. The normalized spacial score (nSPS) is 12.6. The minimum absolute atomic E-state index is 0.110. The molecule has 3 N–H and O–H groups in total. The Labute approximate surface area is 157 Å². The summed E-state index contributed by atoms with van der Waals surface area (Å²) in [5.74, 6) is 1.61. The first-order valence-electron chi connectivity index (χ1n) is 7.67. The molecule has 1 atom stereocenters. The Hall–Kier alpha value is -2.11. The second-order valence-corrected chi connectivity index (χ2v) is 6.23. The van der Waals surface area contributed by atoms with Gasteiger partial charge in [-0.15, -0.1) is 0 Å². The number of hydrogen-bond acceptors (Lipinski definition) is 3. The van der Waals surface area contributed by atoms with E-state index in [0.717, 1.165) is 11.1 Å². The van der Waals surface area contributed by atoms with Crippen molar-refractivity contribution in [2.45, 2.75) is 19.5 Å². The number of benzene rings is 2. The van der Waals surface area contributed by atoms with Crippen molar-refractivity contribution < 1.29 is 9.47 Å². The zero-order chi connectivity index (χ0) is 18.4. The number of nitrogens with one attached hydrogen (secondary N) is 1. The lowest BCUT2D eigenvalue weighted by Crippen LogP contribution is -2.34. The molecule has 0 saturated carbocycles. The molecule has 0 bridgehead atoms. The Morgan fingerprint density at radius 2 is 1.96 bits per heavy atom. The van der Waals surface area contributed by atoms with Crippen LogP contribution < -0.4 is 20.5 Å². The van der Waals surface area contributed by atoms with Crippen LogP contribution in [0.1, 0.15) is 24.1 Å². The maximum Gasteiger partial charge on any atom is 0.189 e. The Morgan fingerprint density at radius 3 is 2.60 bits per heavy atom. The number of rotatable bonds is 6. The van der Waals surface area contributed by atoms with Gasteiger partial charge in [-0.25, -0.2) is 4.99 Å². The van der Waals surface area contributed by atoms with E-state index in [2.05, 4.69) is 10.3 Å². The molecular formula is C18H21Cl2N3O2. The standard InChI is InChI=1S/C18H21Cl2N3O2/c1-11(14-8-7-13(19)9-15(14)20)23-18(21)22-10-12-5-4-6-16(24-2)17(12)25-3/h4-9,11H,10H2,1-3H3,(H3,21,22,23). The molecule has 0 aromatic heterocycles. The van der Waals surface area contributed by atoms with Crippen molar-refractivity contribution in [2.75, 3.05) is 14.2 Å². The molecule has 0 spiro atoms. The Kier molecular flexibility index (Phi) is 6.79. The minimum atomic E-state index is -0.110. The van der Waals surface area contributed by atoms with Gasteiger partial charge in [0.25, 0.3) is 0 Å². The van der Waals surface area contributed by atoms with Gasteiger partial charge in [-0.2, -0.15) is 0 Å². The summed E-state index contributed by atoms with van der Waals surface area (Å²) >= 11 is 12.1. The Morgan fingerprint density at radius 1 is 1.20 bits per heavy atom. The first kappa shape index (κ1) is 19.2. The molecule has 134 valence electrons. The van der Waals surface area contributed by atoms with Gasteiger partial charge in [-0.05, 0) is 30.7 Å². The van der Waals surface area contributed by atoms with E-state index in [9.17, 15) is 0 Å². The summed E-state index contributed by atoms with van der Waals surface area (Å²) < 4.78 is 10.7. The van der Waals surface area contributed by atoms with Gasteiger partial charge >= 0.3 is 0 Å². The number of nitrogens with two attached hydrogens (primary N) is 1. The zero-order valence-electron chi connectivity index (χ0n) is 14.3. The van der Waals surface area contributed by atoms with Crippen LogP contribution in [0.3, 0.4) is 0 Å². The molecule has 0 aliphatic rings. The topological polar surface area (TPSA) is 68.9 Å². The molecule has 7 heteroatoms. The van der Waals surface area contributed by atoms with Crippen molar-refractivity contribution in [1.82, 2.24) is 5.32 Å². The third-order valence-corrected chi connectivity index (χ3v) is 4.26. The predicted octanol–water partition coefficient (Wildman–Crippen LogP) is 4.18. The van der Waals surface area contributed by atoms with Crippen LogP contribution in [0.15, 0.2) is 41.4 Å². The van der Waals surface area contributed by atoms with E-state index in [0.29, 0.717) is 34.0 Å². The van der Waals surface area contributed by atoms with Crippen LogP contribution in [-0.4, -0.2) is 20.2 Å². The van der Waals surface area contributed by atoms with Gasteiger partial charge in [0.15, 0.2) is 17.5 Å². The molecule has 2 aromatic carbocycles. The molecule has 0 aliphatic heterocycles. The van der Waals surface area contributed by atoms with Crippen molar-refractivity contribution in [2.24, 2.45) is 10.7 Å². The first-order valence-corrected chi connectivity index (χ1v) is 8.43. The number of nitrogens with zero attached hydrogens (tertiary/aromatic N) is 1. The fourth-order valence-corrected chi connectivity index (χ4v) is 3.02. The summed E-state index contributed by atoms with van der Waals surface area (Å²) in [5, 5.41) is 4.29. The van der Waals surface area contributed by atoms with E-state index in [1.807, 2.05) is 31.2 Å². The molecule has 0 radical (unpaired) electrons. The van der Waals surface area contributed by atoms with E-state index in [1.54, 1.807) is 26.4 Å². The Balaban J connectivity index is 2.09. The fraction of sp³-hybridized carbons (Fsp3) is 0.278. The van der Waals surface area contributed by atoms with E-state index in [1.165, 1.54) is 0 Å². The zero-order valence-corrected chi connectivity index (χ0v) is 15.9. The quantitative estimate of drug-likeness (QED) is 0.581. The first-order chi connectivity index (χ1) is 12.0. The third kappa shape index (κ3) is 4.94. The number of hydrogen-bond donors (Lipinski definition) is 2. The van der Waals surface area contributed by atoms with Crippen LogP contribution in [0.2, 0.25) is 10.0 Å². The average molecular weight is 382 g/mol. The smallest absolute Gasteiger partial charge is 0.189 e. The molecular weight excluding hydrogens is 361 g/mol. The molecule has 0 amide bonds. The van der Waals surface area contributed by atoms with Gasteiger partial charge < -0.3 is 20.5 Å². The van der Waals surface area contributed by atoms with Gasteiger partial charge in [0, 0.05) is 15.6 Å². The fourth-order valence-electron chi connectivity index (χ4n) is 2.45. The van der Waals surface area contributed by atoms with Gasteiger partial charge in [0.05, 0.1) is 26.8 Å². The number of ether oxygens (including phenoxy) is 2. The molecule has 0 heterocycles. The molecule has 5 nitrogen and oxygen atoms in total. The second kappa shape index (κ2) is 8.83. The van der Waals surface area contributed by atoms with Crippen LogP contribution >= 0.6 is 23.2 Å². The van der Waals surface area contributed by atoms with Crippen molar-refractivity contribution in [1.29, 1.82) is 0 Å². The summed E-state index contributed by atoms with van der Waals surface area (Å²) in [6, 6.07) is 10.9. The summed E-state index contributed by atoms with van der Waals surface area (Å²) in [6.07, 6.45) is 0. The van der Waals surface area contributed by atoms with Gasteiger partial charge in [0.2, 0.25) is 0 Å². The summed E-state index contributed by atoms with van der Waals surface area (Å²) in [7, 11) is 3.19. The molecule has 0 saturated heterocycles. The molecule has 2 aromatic rings. The van der Waals surface area contributed by atoms with E-state index in [-0.39, 0.29) is 6.04 Å². The van der Waals surface area contributed by atoms with Gasteiger partial charge in [-0.3, -0.25) is 0 Å². The Bertz CT molecular complexity index is 766. The van der Waals surface area contributed by atoms with Crippen molar-refractivity contribution >= 4 is 29.2 Å². The van der Waals surface area contributed by atoms with Crippen LogP contribution in [0.4, 0.5) is 0 Å². The molecule has 0 fully saturated rings. The highest BCUT2D eigenvalue weighted by Gasteiger charge is 2.12. The maximum atomic E-state index is 6.22. The van der Waals surface area contributed by atoms with E-state index < -0.39 is 0 Å². The molecule has 0 aliphatic carbocycles. The summed E-state index contributed by atoms with van der Waals surface area (Å²) in [5.41, 5.74) is 7.77. The summed E-state index contributed by atoms with van der Waals surface area (Å²) in [6.45, 7) is 2.31. The van der Waals surface area contributed by atoms with Crippen molar-refractivity contribution in [3.63, 3.8) is 0 Å². The van der Waals surface area contributed by atoms with Gasteiger partial charge in [0.1, 0.15) is 0 Å². The second-order valence-electron chi connectivity index (χ2n) is 5.39. The third-order valence-electron chi connectivity index (χ3n) is 3.70. The highest BCUT2D eigenvalue weighted by Crippen LogP contribution is 2.31. The lowest BCUT2D eigenvalue weighted by atomic mass is 10.1. The van der Waals surface area contributed by atoms with E-state index >= 15 is 0 Å². The maximum absolute atomic E-state index is 6.22. The average Bonchev–Trinajstić information content (AvgIpc) is 2.59. The number of methoxy groups -OCH3 is 2. The van der Waals surface area contributed by atoms with E-state index in [4.69, 9.17) is 38.4 Å². The van der Waals surface area contributed by atoms with Gasteiger partial charge in [-0.1, -0.05) is 41.4 Å². The van der Waals surface area contributed by atoms with Crippen molar-refractivity contribution in [3.05, 3.63) is 57.6 Å². The SMILES string of the molecule is COc1cccc(CN=C(N)NC(C)c2ccc(Cl)cc2Cl)c1OC. The summed E-state index contributed by atoms with van der Waals surface area (Å²) in [4.78, 5) is 4.37. The highest BCUT2D eigenvalue weighted by atomic mass is 35.5. The molecule has 2 rings (SSSR count). The lowest BCUT2D eigenvalue weighted by molar-refractivity contribution is 0.352. The predicted molar refractivity (Wildman–Crippen MR) is 103 cm³/mol. The van der Waals surface area contributed by atoms with Crippen LogP contribution in [0.25, 0.3) is 0 Å². The number of guanidine groups is 1.